The van der Waals surface area contributed by atoms with E-state index in [1.165, 1.54) is 64.2 Å². The minimum Gasteiger partial charge on any atom is -0.415 e. The van der Waals surface area contributed by atoms with Gasteiger partial charge in [0.15, 0.2) is 16.6 Å². The van der Waals surface area contributed by atoms with Gasteiger partial charge in [0.2, 0.25) is 10.0 Å². The lowest BCUT2D eigenvalue weighted by Gasteiger charge is -2.57. The molecule has 5 nitrogen and oxygen atoms in total. The fraction of sp³-hybridized carbons (Fsp3) is 0.838. The fourth-order valence-corrected chi connectivity index (χ4v) is 9.93. The summed E-state index contributed by atoms with van der Waals surface area (Å²) in [6.45, 7) is 27.2. The predicted octanol–water partition coefficient (Wildman–Crippen LogP) is 11.2. The number of hydrogen-bond acceptors (Lipinski definition) is 4. The van der Waals surface area contributed by atoms with Crippen molar-refractivity contribution < 1.29 is 17.3 Å². The average Bonchev–Trinajstić information content (AvgIpc) is 2.91. The molecule has 2 rings (SSSR count). The summed E-state index contributed by atoms with van der Waals surface area (Å²) in [5.74, 6) is 0. The Labute approximate surface area is 281 Å². The Kier molecular flexibility index (Phi) is 15.6. The van der Waals surface area contributed by atoms with Gasteiger partial charge in [-0.2, -0.15) is 4.31 Å². The van der Waals surface area contributed by atoms with Crippen molar-refractivity contribution in [3.63, 3.8) is 0 Å². The summed E-state index contributed by atoms with van der Waals surface area (Å²) in [5, 5.41) is 0.0797. The molecule has 0 bridgehead atoms. The Morgan fingerprint density at radius 2 is 1.13 bits per heavy atom. The minimum atomic E-state index is -3.71. The third-order valence-corrected chi connectivity index (χ3v) is 22.0. The largest absolute Gasteiger partial charge is 0.415 e. The van der Waals surface area contributed by atoms with Crippen molar-refractivity contribution in [2.45, 2.75) is 198 Å². The van der Waals surface area contributed by atoms with Gasteiger partial charge in [-0.1, -0.05) is 143 Å². The highest BCUT2D eigenvalue weighted by molar-refractivity contribution is 7.89. The van der Waals surface area contributed by atoms with Crippen molar-refractivity contribution in [3.8, 4) is 0 Å². The summed E-state index contributed by atoms with van der Waals surface area (Å²) in [7, 11) is -7.96. The predicted molar refractivity (Wildman–Crippen MR) is 199 cm³/mol. The summed E-state index contributed by atoms with van der Waals surface area (Å²) < 4.78 is 44.3. The lowest BCUT2D eigenvalue weighted by Crippen LogP contribution is -2.73. The van der Waals surface area contributed by atoms with Gasteiger partial charge < -0.3 is 8.85 Å². The third kappa shape index (κ3) is 11.6. The van der Waals surface area contributed by atoms with E-state index in [0.717, 1.165) is 24.8 Å². The Morgan fingerprint density at radius 3 is 1.58 bits per heavy atom. The van der Waals surface area contributed by atoms with E-state index in [9.17, 15) is 8.42 Å². The first-order chi connectivity index (χ1) is 20.8. The summed E-state index contributed by atoms with van der Waals surface area (Å²) >= 11 is 0. The molecule has 1 fully saturated rings. The first kappa shape index (κ1) is 40.7. The number of sulfonamides is 1. The highest BCUT2D eigenvalue weighted by Gasteiger charge is 2.58. The molecule has 0 aromatic heterocycles. The SMILES string of the molecule is CCCCCCCCCCCCCC[C@H]1[C@H](O[Si](C)(C)C(C)(C)C)[C@H](CO[Si](C)(C)C(C)(C)C)N1S(=O)(=O)c1ccc(C)cc1. The molecule has 0 unspecified atom stereocenters. The molecule has 8 heteroatoms. The third-order valence-electron chi connectivity index (χ3n) is 11.0. The standard InChI is InChI=1S/C37H71NO4SSi2/c1-13-14-15-16-17-18-19-20-21-22-23-24-25-33-35(42-45(11,12)37(6,7)8)34(30-41-44(9,10)36(3,4)5)38(33)43(39,40)32-28-26-31(2)27-29-32/h26-29,33-35H,13-25,30H2,1-12H3/t33-,34-,35-/m0/s1. The average molecular weight is 682 g/mol. The number of rotatable bonds is 20. The van der Waals surface area contributed by atoms with Gasteiger partial charge in [-0.3, -0.25) is 0 Å². The second-order valence-electron chi connectivity index (χ2n) is 16.9. The highest BCUT2D eigenvalue weighted by Crippen LogP contribution is 2.45. The number of benzene rings is 1. The van der Waals surface area contributed by atoms with Crippen LogP contribution in [-0.2, 0) is 18.9 Å². The molecule has 1 saturated heterocycles. The van der Waals surface area contributed by atoms with Gasteiger partial charge in [-0.05, 0) is 61.7 Å². The molecule has 1 heterocycles. The van der Waals surface area contributed by atoms with Crippen LogP contribution in [0.5, 0.6) is 0 Å². The van der Waals surface area contributed by atoms with E-state index in [1.54, 1.807) is 16.4 Å². The van der Waals surface area contributed by atoms with Crippen molar-refractivity contribution in [1.29, 1.82) is 0 Å². The molecule has 0 aliphatic carbocycles. The quantitative estimate of drug-likeness (QED) is 0.101. The molecule has 1 aliphatic heterocycles. The zero-order valence-electron chi connectivity index (χ0n) is 31.4. The Bertz CT molecular complexity index is 1110. The van der Waals surface area contributed by atoms with Crippen LogP contribution in [0.1, 0.15) is 138 Å². The van der Waals surface area contributed by atoms with E-state index >= 15 is 0 Å². The number of aryl methyl sites for hydroxylation is 1. The lowest BCUT2D eigenvalue weighted by molar-refractivity contribution is -0.0777. The van der Waals surface area contributed by atoms with Crippen molar-refractivity contribution in [2.24, 2.45) is 0 Å². The molecule has 0 N–H and O–H groups in total. The second-order valence-corrected chi connectivity index (χ2v) is 28.3. The first-order valence-corrected chi connectivity index (χ1v) is 25.4. The van der Waals surface area contributed by atoms with Crippen molar-refractivity contribution in [1.82, 2.24) is 4.31 Å². The number of hydrogen-bond donors (Lipinski definition) is 0. The summed E-state index contributed by atoms with van der Waals surface area (Å²) in [6, 6.07) is 6.84. The minimum absolute atomic E-state index is 0.0363. The van der Waals surface area contributed by atoms with Gasteiger partial charge in [0.1, 0.15) is 0 Å². The topological polar surface area (TPSA) is 55.8 Å². The molecule has 1 aromatic rings. The summed E-state index contributed by atoms with van der Waals surface area (Å²) in [6.07, 6.45) is 16.2. The molecule has 1 aromatic carbocycles. The zero-order chi connectivity index (χ0) is 34.1. The van der Waals surface area contributed by atoms with Crippen LogP contribution >= 0.6 is 0 Å². The molecule has 1 aliphatic rings. The van der Waals surface area contributed by atoms with Crippen LogP contribution < -0.4 is 0 Å². The molecular weight excluding hydrogens is 611 g/mol. The van der Waals surface area contributed by atoms with Crippen LogP contribution in [0, 0.1) is 6.92 Å². The van der Waals surface area contributed by atoms with Gasteiger partial charge in [-0.25, -0.2) is 8.42 Å². The maximum atomic E-state index is 14.3. The Balaban J connectivity index is 2.21. The van der Waals surface area contributed by atoms with Gasteiger partial charge in [-0.15, -0.1) is 0 Å². The van der Waals surface area contributed by atoms with E-state index in [0.29, 0.717) is 11.5 Å². The van der Waals surface area contributed by atoms with Crippen LogP contribution in [-0.4, -0.2) is 54.2 Å². The molecular formula is C37H71NO4SSi2. The van der Waals surface area contributed by atoms with Gasteiger partial charge in [0, 0.05) is 0 Å². The Hall–Kier alpha value is -0.516. The maximum absolute atomic E-state index is 14.3. The first-order valence-electron chi connectivity index (χ1n) is 18.2. The Morgan fingerprint density at radius 1 is 0.689 bits per heavy atom. The summed E-state index contributed by atoms with van der Waals surface area (Å²) in [5.41, 5.74) is 1.06. The second kappa shape index (κ2) is 17.2. The van der Waals surface area contributed by atoms with Gasteiger partial charge in [0.05, 0.1) is 29.7 Å². The van der Waals surface area contributed by atoms with Crippen LogP contribution in [0.15, 0.2) is 29.2 Å². The molecule has 0 saturated carbocycles. The fourth-order valence-electron chi connectivity index (χ4n) is 5.72. The van der Waals surface area contributed by atoms with Crippen LogP contribution in [0.2, 0.25) is 36.3 Å². The maximum Gasteiger partial charge on any atom is 0.243 e. The normalized spacial score (nSPS) is 20.4. The monoisotopic (exact) mass is 681 g/mol. The van der Waals surface area contributed by atoms with Crippen molar-refractivity contribution in [2.75, 3.05) is 6.61 Å². The highest BCUT2D eigenvalue weighted by atomic mass is 32.2. The molecule has 45 heavy (non-hydrogen) atoms. The van der Waals surface area contributed by atoms with Crippen LogP contribution in [0.4, 0.5) is 0 Å². The zero-order valence-corrected chi connectivity index (χ0v) is 34.2. The smallest absolute Gasteiger partial charge is 0.243 e. The molecule has 0 radical (unpaired) electrons. The van der Waals surface area contributed by atoms with E-state index in [-0.39, 0.29) is 28.3 Å². The van der Waals surface area contributed by atoms with Crippen LogP contribution in [0.25, 0.3) is 0 Å². The van der Waals surface area contributed by atoms with Crippen LogP contribution in [0.3, 0.4) is 0 Å². The van der Waals surface area contributed by atoms with E-state index in [1.807, 2.05) is 19.1 Å². The van der Waals surface area contributed by atoms with E-state index in [2.05, 4.69) is 74.7 Å². The number of unbranched alkanes of at least 4 members (excludes halogenated alkanes) is 11. The van der Waals surface area contributed by atoms with Gasteiger partial charge in [0.25, 0.3) is 0 Å². The summed E-state index contributed by atoms with van der Waals surface area (Å²) in [4.78, 5) is 0.371. The molecule has 262 valence electrons. The van der Waals surface area contributed by atoms with Gasteiger partial charge >= 0.3 is 0 Å². The van der Waals surface area contributed by atoms with Crippen molar-refractivity contribution in [3.05, 3.63) is 29.8 Å². The molecule has 0 spiro atoms. The number of nitrogens with zero attached hydrogens (tertiary/aromatic N) is 1. The van der Waals surface area contributed by atoms with E-state index < -0.39 is 26.7 Å². The molecule has 3 atom stereocenters. The van der Waals surface area contributed by atoms with E-state index in [4.69, 9.17) is 8.85 Å². The molecule has 0 amide bonds. The lowest BCUT2D eigenvalue weighted by atomic mass is 9.89. The van der Waals surface area contributed by atoms with Crippen molar-refractivity contribution >= 4 is 26.7 Å².